The normalized spacial score (nSPS) is 10.6. The van der Waals surface area contributed by atoms with Gasteiger partial charge < -0.3 is 14.2 Å². The van der Waals surface area contributed by atoms with Crippen LogP contribution in [-0.2, 0) is 0 Å². The number of benzene rings is 2. The van der Waals surface area contributed by atoms with E-state index in [4.69, 9.17) is 14.2 Å². The first-order valence-electron chi connectivity index (χ1n) is 7.08. The highest BCUT2D eigenvalue weighted by Crippen LogP contribution is 2.35. The molecule has 0 saturated heterocycles. The highest BCUT2D eigenvalue weighted by atomic mass is 127. The molecule has 0 unspecified atom stereocenters. The van der Waals surface area contributed by atoms with Gasteiger partial charge in [0.2, 0.25) is 0 Å². The van der Waals surface area contributed by atoms with Gasteiger partial charge in [-0.15, -0.1) is 0 Å². The molecule has 2 aromatic carbocycles. The van der Waals surface area contributed by atoms with Crippen LogP contribution in [0, 0.1) is 3.57 Å². The Labute approximate surface area is 167 Å². The summed E-state index contributed by atoms with van der Waals surface area (Å²) in [7, 11) is 4.68. The maximum absolute atomic E-state index is 12.2. The van der Waals surface area contributed by atoms with E-state index in [2.05, 4.69) is 49.0 Å². The molecule has 0 bridgehead atoms. The number of hydrogen-bond donors (Lipinski definition) is 1. The van der Waals surface area contributed by atoms with E-state index in [1.165, 1.54) is 6.21 Å². The highest BCUT2D eigenvalue weighted by Gasteiger charge is 2.10. The monoisotopic (exact) mass is 518 g/mol. The lowest BCUT2D eigenvalue weighted by atomic mass is 10.2. The van der Waals surface area contributed by atoms with Gasteiger partial charge in [0.15, 0.2) is 11.5 Å². The summed E-state index contributed by atoms with van der Waals surface area (Å²) in [6.45, 7) is 0. The summed E-state index contributed by atoms with van der Waals surface area (Å²) in [5.41, 5.74) is 3.69. The number of nitrogens with one attached hydrogen (secondary N) is 1. The van der Waals surface area contributed by atoms with E-state index in [0.29, 0.717) is 22.8 Å². The molecular formula is C17H16BrIN2O4. The third-order valence-corrected chi connectivity index (χ3v) is 4.73. The standard InChI is InChI=1S/C17H16BrIN2O4/c1-23-14-8-11(4-5-13(14)19)17(22)21-20-9-10-6-12(18)16(25-3)15(7-10)24-2/h4-9H,1-3H3,(H,21,22)/b20-9+. The van der Waals surface area contributed by atoms with Crippen molar-refractivity contribution < 1.29 is 19.0 Å². The number of carbonyl (C=O) groups is 1. The third-order valence-electron chi connectivity index (χ3n) is 3.25. The van der Waals surface area contributed by atoms with Crippen LogP contribution in [0.5, 0.6) is 17.2 Å². The predicted molar refractivity (Wildman–Crippen MR) is 108 cm³/mol. The average Bonchev–Trinajstić information content (AvgIpc) is 2.61. The van der Waals surface area contributed by atoms with E-state index in [1.807, 2.05) is 12.1 Å². The minimum absolute atomic E-state index is 0.328. The molecule has 0 aliphatic rings. The fourth-order valence-electron chi connectivity index (χ4n) is 2.04. The SMILES string of the molecule is COc1cc(C(=O)N/N=C/c2cc(Br)c(OC)c(OC)c2)ccc1I. The number of ether oxygens (including phenoxy) is 3. The summed E-state index contributed by atoms with van der Waals surface area (Å²) in [6, 6.07) is 8.75. The summed E-state index contributed by atoms with van der Waals surface area (Å²) in [5.74, 6) is 1.47. The lowest BCUT2D eigenvalue weighted by Crippen LogP contribution is -2.17. The average molecular weight is 519 g/mol. The Bertz CT molecular complexity index is 811. The Balaban J connectivity index is 2.13. The maximum atomic E-state index is 12.2. The van der Waals surface area contributed by atoms with Crippen LogP contribution in [0.3, 0.4) is 0 Å². The number of hydrazone groups is 1. The van der Waals surface area contributed by atoms with Crippen LogP contribution in [0.1, 0.15) is 15.9 Å². The molecule has 6 nitrogen and oxygen atoms in total. The van der Waals surface area contributed by atoms with Gasteiger partial charge in [0.25, 0.3) is 5.91 Å². The van der Waals surface area contributed by atoms with Crippen LogP contribution >= 0.6 is 38.5 Å². The van der Waals surface area contributed by atoms with Gasteiger partial charge in [-0.2, -0.15) is 5.10 Å². The molecule has 0 aromatic heterocycles. The van der Waals surface area contributed by atoms with Gasteiger partial charge in [-0.25, -0.2) is 5.43 Å². The van der Waals surface area contributed by atoms with Gasteiger partial charge in [0.05, 0.1) is 35.6 Å². The van der Waals surface area contributed by atoms with Crippen molar-refractivity contribution in [3.63, 3.8) is 0 Å². The maximum Gasteiger partial charge on any atom is 0.271 e. The van der Waals surface area contributed by atoms with Crippen LogP contribution in [-0.4, -0.2) is 33.5 Å². The Morgan fingerprint density at radius 3 is 2.48 bits per heavy atom. The minimum atomic E-state index is -0.328. The lowest BCUT2D eigenvalue weighted by Gasteiger charge is -2.10. The largest absolute Gasteiger partial charge is 0.496 e. The summed E-state index contributed by atoms with van der Waals surface area (Å²) in [4.78, 5) is 12.2. The molecule has 0 aliphatic heterocycles. The van der Waals surface area contributed by atoms with Crippen LogP contribution in [0.4, 0.5) is 0 Å². The van der Waals surface area contributed by atoms with Crippen molar-refractivity contribution >= 4 is 50.6 Å². The van der Waals surface area contributed by atoms with Crippen molar-refractivity contribution in [1.29, 1.82) is 0 Å². The lowest BCUT2D eigenvalue weighted by molar-refractivity contribution is 0.0954. The second kappa shape index (κ2) is 9.04. The minimum Gasteiger partial charge on any atom is -0.496 e. The van der Waals surface area contributed by atoms with Crippen molar-refractivity contribution in [3.05, 3.63) is 49.5 Å². The molecule has 2 rings (SSSR count). The molecule has 8 heteroatoms. The van der Waals surface area contributed by atoms with Gasteiger partial charge in [-0.3, -0.25) is 4.79 Å². The van der Waals surface area contributed by atoms with Crippen LogP contribution < -0.4 is 19.6 Å². The summed E-state index contributed by atoms with van der Waals surface area (Å²) in [6.07, 6.45) is 1.52. The predicted octanol–water partition coefficient (Wildman–Crippen LogP) is 3.84. The molecule has 2 aromatic rings. The zero-order valence-electron chi connectivity index (χ0n) is 13.8. The van der Waals surface area contributed by atoms with E-state index in [0.717, 1.165) is 13.6 Å². The van der Waals surface area contributed by atoms with E-state index in [-0.39, 0.29) is 5.91 Å². The number of halogens is 2. The topological polar surface area (TPSA) is 69.2 Å². The quantitative estimate of drug-likeness (QED) is 0.358. The summed E-state index contributed by atoms with van der Waals surface area (Å²) < 4.78 is 17.4. The second-order valence-electron chi connectivity index (χ2n) is 4.79. The van der Waals surface area contributed by atoms with Gasteiger partial charge in [-0.1, -0.05) is 0 Å². The van der Waals surface area contributed by atoms with Crippen LogP contribution in [0.2, 0.25) is 0 Å². The molecule has 0 atom stereocenters. The van der Waals surface area contributed by atoms with Gasteiger partial charge >= 0.3 is 0 Å². The molecule has 0 heterocycles. The molecule has 1 amide bonds. The van der Waals surface area contributed by atoms with Crippen LogP contribution in [0.15, 0.2) is 39.9 Å². The van der Waals surface area contributed by atoms with Gasteiger partial charge in [-0.05, 0) is 74.4 Å². The van der Waals surface area contributed by atoms with E-state index < -0.39 is 0 Å². The molecule has 0 fully saturated rings. The zero-order valence-corrected chi connectivity index (χ0v) is 17.5. The Kier molecular flexibility index (Phi) is 7.06. The molecule has 0 aliphatic carbocycles. The number of nitrogens with zero attached hydrogens (tertiary/aromatic N) is 1. The van der Waals surface area contributed by atoms with E-state index >= 15 is 0 Å². The summed E-state index contributed by atoms with van der Waals surface area (Å²) >= 11 is 5.55. The number of rotatable bonds is 6. The zero-order chi connectivity index (χ0) is 18.4. The molecule has 0 radical (unpaired) electrons. The smallest absolute Gasteiger partial charge is 0.271 e. The molecule has 1 N–H and O–H groups in total. The summed E-state index contributed by atoms with van der Waals surface area (Å²) in [5, 5.41) is 3.98. The first-order chi connectivity index (χ1) is 12.0. The number of hydrogen-bond acceptors (Lipinski definition) is 5. The molecule has 25 heavy (non-hydrogen) atoms. The van der Waals surface area contributed by atoms with E-state index in [1.54, 1.807) is 39.5 Å². The first kappa shape index (κ1) is 19.5. The molecular weight excluding hydrogens is 503 g/mol. The molecule has 132 valence electrons. The second-order valence-corrected chi connectivity index (χ2v) is 6.80. The molecule has 0 saturated carbocycles. The van der Waals surface area contributed by atoms with Crippen LogP contribution in [0.25, 0.3) is 0 Å². The fourth-order valence-corrected chi connectivity index (χ4v) is 3.22. The van der Waals surface area contributed by atoms with Gasteiger partial charge in [0.1, 0.15) is 5.75 Å². The number of methoxy groups -OCH3 is 3. The Morgan fingerprint density at radius 2 is 1.84 bits per heavy atom. The fraction of sp³-hybridized carbons (Fsp3) is 0.176. The van der Waals surface area contributed by atoms with Crippen molar-refractivity contribution in [2.45, 2.75) is 0 Å². The van der Waals surface area contributed by atoms with Crippen molar-refractivity contribution in [2.24, 2.45) is 5.10 Å². The first-order valence-corrected chi connectivity index (χ1v) is 8.95. The van der Waals surface area contributed by atoms with Crippen molar-refractivity contribution in [3.8, 4) is 17.2 Å². The molecule has 0 spiro atoms. The highest BCUT2D eigenvalue weighted by molar-refractivity contribution is 14.1. The third kappa shape index (κ3) is 4.85. The Morgan fingerprint density at radius 1 is 1.12 bits per heavy atom. The van der Waals surface area contributed by atoms with Crippen molar-refractivity contribution in [1.82, 2.24) is 5.43 Å². The Hall–Kier alpha value is -1.81. The van der Waals surface area contributed by atoms with Crippen molar-refractivity contribution in [2.75, 3.05) is 21.3 Å². The number of carbonyl (C=O) groups excluding carboxylic acids is 1. The van der Waals surface area contributed by atoms with Gasteiger partial charge in [0, 0.05) is 5.56 Å². The van der Waals surface area contributed by atoms with E-state index in [9.17, 15) is 4.79 Å². The number of amides is 1.